The number of thioether (sulfide) groups is 1. The lowest BCUT2D eigenvalue weighted by molar-refractivity contribution is -0.110. The largest absolute Gasteiger partial charge is 0.497 e. The number of rotatable bonds is 3. The molecule has 2 heterocycles. The van der Waals surface area contributed by atoms with Crippen LogP contribution in [-0.2, 0) is 4.79 Å². The van der Waals surface area contributed by atoms with Crippen molar-refractivity contribution in [2.45, 2.75) is 10.9 Å². The van der Waals surface area contributed by atoms with E-state index < -0.39 is 0 Å². The second-order valence-corrected chi connectivity index (χ2v) is 7.32. The number of hydrogen-bond acceptors (Lipinski definition) is 5. The SMILES string of the molecule is COc1ccc(C2c3sc(=S)[nH]c3SCC2C=O)cc1. The minimum Gasteiger partial charge on any atom is -0.497 e. The number of fused-ring (bicyclic) bond motifs is 1. The number of hydrogen-bond donors (Lipinski definition) is 1. The Labute approximate surface area is 130 Å². The number of ether oxygens (including phenoxy) is 1. The van der Waals surface area contributed by atoms with Gasteiger partial charge in [-0.2, -0.15) is 0 Å². The van der Waals surface area contributed by atoms with Crippen molar-refractivity contribution in [1.29, 1.82) is 0 Å². The van der Waals surface area contributed by atoms with Crippen LogP contribution in [0.3, 0.4) is 0 Å². The first kappa shape index (κ1) is 13.9. The third-order valence-electron chi connectivity index (χ3n) is 3.42. The van der Waals surface area contributed by atoms with E-state index in [-0.39, 0.29) is 11.8 Å². The Hall–Kier alpha value is -1.11. The third kappa shape index (κ3) is 2.43. The monoisotopic (exact) mass is 323 g/mol. The molecule has 6 heteroatoms. The van der Waals surface area contributed by atoms with Crippen LogP contribution in [0.25, 0.3) is 0 Å². The molecule has 3 rings (SSSR count). The highest BCUT2D eigenvalue weighted by atomic mass is 32.2. The molecule has 1 aliphatic heterocycles. The maximum Gasteiger partial charge on any atom is 0.159 e. The van der Waals surface area contributed by atoms with E-state index in [0.29, 0.717) is 0 Å². The first-order chi connectivity index (χ1) is 9.72. The number of nitrogens with one attached hydrogen (secondary N) is 1. The lowest BCUT2D eigenvalue weighted by Crippen LogP contribution is -2.21. The summed E-state index contributed by atoms with van der Waals surface area (Å²) in [4.78, 5) is 15.8. The van der Waals surface area contributed by atoms with Gasteiger partial charge in [0.25, 0.3) is 0 Å². The van der Waals surface area contributed by atoms with Crippen LogP contribution in [-0.4, -0.2) is 24.1 Å². The summed E-state index contributed by atoms with van der Waals surface area (Å²) in [6.07, 6.45) is 1.06. The van der Waals surface area contributed by atoms with Crippen LogP contribution in [0.5, 0.6) is 5.75 Å². The van der Waals surface area contributed by atoms with Gasteiger partial charge in [0.2, 0.25) is 0 Å². The van der Waals surface area contributed by atoms with Crippen molar-refractivity contribution in [2.75, 3.05) is 12.9 Å². The Balaban J connectivity index is 2.07. The van der Waals surface area contributed by atoms with Gasteiger partial charge in [0, 0.05) is 22.5 Å². The molecular formula is C14H13NO2S3. The predicted molar refractivity (Wildman–Crippen MR) is 84.6 cm³/mol. The number of carbonyl (C=O) groups is 1. The number of aldehydes is 1. The van der Waals surface area contributed by atoms with E-state index in [0.717, 1.165) is 32.3 Å². The van der Waals surface area contributed by atoms with Crippen LogP contribution in [0.15, 0.2) is 29.3 Å². The highest BCUT2D eigenvalue weighted by molar-refractivity contribution is 7.99. The summed E-state index contributed by atoms with van der Waals surface area (Å²) in [5.74, 6) is 1.69. The summed E-state index contributed by atoms with van der Waals surface area (Å²) in [6, 6.07) is 7.93. The van der Waals surface area contributed by atoms with Crippen molar-refractivity contribution in [3.63, 3.8) is 0 Å². The van der Waals surface area contributed by atoms with Crippen molar-refractivity contribution in [1.82, 2.24) is 4.98 Å². The number of aromatic nitrogens is 1. The van der Waals surface area contributed by atoms with Crippen molar-refractivity contribution in [3.05, 3.63) is 38.7 Å². The van der Waals surface area contributed by atoms with Gasteiger partial charge in [0.15, 0.2) is 3.95 Å². The second kappa shape index (κ2) is 5.71. The van der Waals surface area contributed by atoms with Crippen LogP contribution < -0.4 is 4.74 Å². The van der Waals surface area contributed by atoms with Gasteiger partial charge in [-0.15, -0.1) is 23.1 Å². The minimum atomic E-state index is -0.0117. The molecule has 1 N–H and O–H groups in total. The summed E-state index contributed by atoms with van der Waals surface area (Å²) in [5, 5.41) is 1.11. The fraction of sp³-hybridized carbons (Fsp3) is 0.286. The van der Waals surface area contributed by atoms with Crippen LogP contribution in [0.2, 0.25) is 0 Å². The lowest BCUT2D eigenvalue weighted by atomic mass is 9.86. The zero-order valence-corrected chi connectivity index (χ0v) is 13.2. The molecule has 2 atom stereocenters. The molecule has 2 aromatic rings. The van der Waals surface area contributed by atoms with Crippen molar-refractivity contribution in [2.24, 2.45) is 5.92 Å². The molecule has 0 aliphatic carbocycles. The average Bonchev–Trinajstić information content (AvgIpc) is 2.86. The van der Waals surface area contributed by atoms with Gasteiger partial charge < -0.3 is 14.5 Å². The Morgan fingerprint density at radius 1 is 1.40 bits per heavy atom. The van der Waals surface area contributed by atoms with Crippen LogP contribution in [0.1, 0.15) is 16.4 Å². The quantitative estimate of drug-likeness (QED) is 0.688. The molecule has 0 spiro atoms. The summed E-state index contributed by atoms with van der Waals surface area (Å²) in [6.45, 7) is 0. The zero-order chi connectivity index (χ0) is 14.1. The van der Waals surface area contributed by atoms with E-state index in [1.165, 1.54) is 4.88 Å². The molecule has 20 heavy (non-hydrogen) atoms. The number of thiazole rings is 1. The van der Waals surface area contributed by atoms with E-state index >= 15 is 0 Å². The van der Waals surface area contributed by atoms with Gasteiger partial charge >= 0.3 is 0 Å². The summed E-state index contributed by atoms with van der Waals surface area (Å²) >= 11 is 8.49. The molecule has 1 aliphatic rings. The van der Waals surface area contributed by atoms with Gasteiger partial charge in [-0.1, -0.05) is 12.1 Å². The topological polar surface area (TPSA) is 42.1 Å². The summed E-state index contributed by atoms with van der Waals surface area (Å²) in [7, 11) is 1.65. The number of carbonyl (C=O) groups excluding carboxylic acids is 1. The van der Waals surface area contributed by atoms with Crippen molar-refractivity contribution >= 4 is 41.6 Å². The van der Waals surface area contributed by atoms with Gasteiger partial charge in [-0.25, -0.2) is 0 Å². The van der Waals surface area contributed by atoms with E-state index in [1.54, 1.807) is 30.2 Å². The van der Waals surface area contributed by atoms with Crippen molar-refractivity contribution < 1.29 is 9.53 Å². The molecule has 0 bridgehead atoms. The lowest BCUT2D eigenvalue weighted by Gasteiger charge is -2.27. The van der Waals surface area contributed by atoms with E-state index in [9.17, 15) is 4.79 Å². The fourth-order valence-electron chi connectivity index (χ4n) is 2.44. The van der Waals surface area contributed by atoms with Crippen molar-refractivity contribution in [3.8, 4) is 5.75 Å². The molecule has 0 fully saturated rings. The Bertz CT molecular complexity index is 674. The summed E-state index contributed by atoms with van der Waals surface area (Å²) < 4.78 is 5.96. The number of aromatic amines is 1. The number of H-pyrrole nitrogens is 1. The molecule has 1 aromatic heterocycles. The number of methoxy groups -OCH3 is 1. The molecule has 2 unspecified atom stereocenters. The van der Waals surface area contributed by atoms with Crippen LogP contribution in [0, 0.1) is 9.87 Å². The molecule has 0 amide bonds. The predicted octanol–water partition coefficient (Wildman–Crippen LogP) is 3.87. The molecule has 104 valence electrons. The average molecular weight is 323 g/mol. The maximum absolute atomic E-state index is 11.4. The maximum atomic E-state index is 11.4. The van der Waals surface area contributed by atoms with Gasteiger partial charge in [0.1, 0.15) is 12.0 Å². The first-order valence-electron chi connectivity index (χ1n) is 6.18. The smallest absolute Gasteiger partial charge is 0.159 e. The van der Waals surface area contributed by atoms with Gasteiger partial charge in [-0.3, -0.25) is 0 Å². The molecule has 3 nitrogen and oxygen atoms in total. The molecule has 0 saturated carbocycles. The van der Waals surface area contributed by atoms with E-state index in [4.69, 9.17) is 17.0 Å². The fourth-order valence-corrected chi connectivity index (χ4v) is 5.25. The molecule has 0 saturated heterocycles. The Morgan fingerprint density at radius 3 is 2.80 bits per heavy atom. The van der Waals surface area contributed by atoms with Crippen LogP contribution >= 0.6 is 35.3 Å². The van der Waals surface area contributed by atoms with E-state index in [1.807, 2.05) is 24.3 Å². The highest BCUT2D eigenvalue weighted by Gasteiger charge is 2.33. The molecule has 0 radical (unpaired) electrons. The van der Waals surface area contributed by atoms with E-state index in [2.05, 4.69) is 4.98 Å². The first-order valence-corrected chi connectivity index (χ1v) is 8.39. The van der Waals surface area contributed by atoms with Gasteiger partial charge in [-0.05, 0) is 29.9 Å². The standard InChI is InChI=1S/C14H13NO2S3/c1-17-10-4-2-8(3-5-10)11-9(6-16)7-19-13-12(11)20-14(18)15-13/h2-6,9,11H,7H2,1H3,(H,15,18). The Kier molecular flexibility index (Phi) is 3.96. The Morgan fingerprint density at radius 2 is 2.15 bits per heavy atom. The van der Waals surface area contributed by atoms with Gasteiger partial charge in [0.05, 0.1) is 12.1 Å². The summed E-state index contributed by atoms with van der Waals surface area (Å²) in [5.41, 5.74) is 1.13. The number of benzene rings is 1. The second-order valence-electron chi connectivity index (χ2n) is 4.57. The minimum absolute atomic E-state index is 0.0117. The van der Waals surface area contributed by atoms with Crippen LogP contribution in [0.4, 0.5) is 0 Å². The molecule has 1 aromatic carbocycles. The normalized spacial score (nSPS) is 21.2. The molecular weight excluding hydrogens is 310 g/mol. The highest BCUT2D eigenvalue weighted by Crippen LogP contribution is 2.45. The third-order valence-corrected chi connectivity index (χ3v) is 6.03. The zero-order valence-electron chi connectivity index (χ0n) is 10.8.